The zero-order chi connectivity index (χ0) is 12.3. The second-order valence-electron chi connectivity index (χ2n) is 4.60. The fraction of sp³-hybridized carbons (Fsp3) is 0.500. The predicted molar refractivity (Wildman–Crippen MR) is 67.6 cm³/mol. The van der Waals surface area contributed by atoms with Crippen LogP contribution in [-0.4, -0.2) is 5.54 Å². The van der Waals surface area contributed by atoms with Gasteiger partial charge in [0.2, 0.25) is 0 Å². The van der Waals surface area contributed by atoms with E-state index in [0.717, 1.165) is 24.0 Å². The second kappa shape index (κ2) is 4.67. The average molecular weight is 216 g/mol. The molecule has 0 amide bonds. The summed E-state index contributed by atoms with van der Waals surface area (Å²) in [6, 6.07) is 2.27. The van der Waals surface area contributed by atoms with E-state index in [-0.39, 0.29) is 11.5 Å². The summed E-state index contributed by atoms with van der Waals surface area (Å²) in [6.07, 6.45) is 5.45. The van der Waals surface area contributed by atoms with Crippen LogP contribution in [0, 0.1) is 17.2 Å². The van der Waals surface area contributed by atoms with Crippen molar-refractivity contribution in [2.45, 2.75) is 39.2 Å². The molecule has 0 aromatic heterocycles. The Morgan fingerprint density at radius 3 is 2.44 bits per heavy atom. The van der Waals surface area contributed by atoms with Crippen molar-refractivity contribution >= 4 is 0 Å². The molecule has 2 heteroatoms. The fourth-order valence-corrected chi connectivity index (χ4v) is 2.37. The lowest BCUT2D eigenvalue weighted by atomic mass is 9.64. The number of nitrogens with zero attached hydrogens (tertiary/aromatic N) is 1. The smallest absolute Gasteiger partial charge is 0.0657 e. The number of hydrogen-bond donors (Lipinski definition) is 1. The summed E-state index contributed by atoms with van der Waals surface area (Å²) in [7, 11) is 0. The Bertz CT molecular complexity index is 387. The Kier molecular flexibility index (Phi) is 3.72. The van der Waals surface area contributed by atoms with E-state index in [0.29, 0.717) is 0 Å². The fourth-order valence-electron chi connectivity index (χ4n) is 2.37. The molecular formula is C14H20N2. The molecule has 0 atom stereocenters. The highest BCUT2D eigenvalue weighted by molar-refractivity contribution is 5.45. The Balaban J connectivity index is 2.96. The standard InChI is InChI=1S/C14H20N2/c1-5-10(3)11(4)13(6-2)14(16)7-12(8-14)9-15/h5-6,12H,1,7-8,16H2,2-4H3/b11-10-,13-6+. The van der Waals surface area contributed by atoms with Gasteiger partial charge in [-0.25, -0.2) is 0 Å². The third kappa shape index (κ3) is 2.10. The summed E-state index contributed by atoms with van der Waals surface area (Å²) in [5, 5.41) is 8.81. The van der Waals surface area contributed by atoms with Crippen molar-refractivity contribution < 1.29 is 0 Å². The molecule has 0 saturated heterocycles. The average Bonchev–Trinajstić information content (AvgIpc) is 2.24. The minimum atomic E-state index is -0.302. The first-order valence-electron chi connectivity index (χ1n) is 5.64. The van der Waals surface area contributed by atoms with Crippen LogP contribution in [0.4, 0.5) is 0 Å². The molecule has 0 spiro atoms. The van der Waals surface area contributed by atoms with Gasteiger partial charge in [0.25, 0.3) is 0 Å². The van der Waals surface area contributed by atoms with E-state index in [1.807, 2.05) is 19.9 Å². The van der Waals surface area contributed by atoms with E-state index in [2.05, 4.69) is 25.6 Å². The molecule has 2 N–H and O–H groups in total. The van der Waals surface area contributed by atoms with Gasteiger partial charge in [0.1, 0.15) is 0 Å². The molecule has 1 fully saturated rings. The SMILES string of the molecule is C=C/C(C)=C(C)\C(=C/C)C1(N)CC(C#N)C1. The summed E-state index contributed by atoms with van der Waals surface area (Å²) in [5.74, 6) is 0.122. The Labute approximate surface area is 98.1 Å². The quantitative estimate of drug-likeness (QED) is 0.737. The zero-order valence-corrected chi connectivity index (χ0v) is 10.4. The van der Waals surface area contributed by atoms with Gasteiger partial charge in [-0.05, 0) is 50.3 Å². The van der Waals surface area contributed by atoms with Crippen LogP contribution in [0.3, 0.4) is 0 Å². The maximum Gasteiger partial charge on any atom is 0.0657 e. The van der Waals surface area contributed by atoms with E-state index in [1.165, 1.54) is 5.57 Å². The van der Waals surface area contributed by atoms with Crippen molar-refractivity contribution in [2.75, 3.05) is 0 Å². The van der Waals surface area contributed by atoms with E-state index in [9.17, 15) is 0 Å². The molecule has 1 aliphatic carbocycles. The molecule has 16 heavy (non-hydrogen) atoms. The van der Waals surface area contributed by atoms with Crippen LogP contribution in [0.5, 0.6) is 0 Å². The summed E-state index contributed by atoms with van der Waals surface area (Å²) in [4.78, 5) is 0. The molecule has 0 aliphatic heterocycles. The van der Waals surface area contributed by atoms with Gasteiger partial charge in [-0.3, -0.25) is 0 Å². The van der Waals surface area contributed by atoms with Gasteiger partial charge in [-0.2, -0.15) is 5.26 Å². The molecule has 0 unspecified atom stereocenters. The highest BCUT2D eigenvalue weighted by Gasteiger charge is 2.44. The molecule has 1 rings (SSSR count). The number of allylic oxidation sites excluding steroid dienone is 3. The maximum absolute atomic E-state index is 8.81. The molecule has 86 valence electrons. The summed E-state index contributed by atoms with van der Waals surface area (Å²) in [5.41, 5.74) is 9.53. The third-order valence-electron chi connectivity index (χ3n) is 3.53. The van der Waals surface area contributed by atoms with Crippen LogP contribution in [0.15, 0.2) is 35.5 Å². The first-order valence-corrected chi connectivity index (χ1v) is 5.64. The highest BCUT2D eigenvalue weighted by atomic mass is 14.8. The summed E-state index contributed by atoms with van der Waals surface area (Å²) in [6.45, 7) is 9.89. The van der Waals surface area contributed by atoms with E-state index >= 15 is 0 Å². The van der Waals surface area contributed by atoms with Crippen molar-refractivity contribution in [1.29, 1.82) is 5.26 Å². The maximum atomic E-state index is 8.81. The molecule has 0 heterocycles. The summed E-state index contributed by atoms with van der Waals surface area (Å²) >= 11 is 0. The van der Waals surface area contributed by atoms with Crippen LogP contribution < -0.4 is 5.73 Å². The first-order chi connectivity index (χ1) is 7.48. The van der Waals surface area contributed by atoms with Crippen molar-refractivity contribution in [2.24, 2.45) is 11.7 Å². The normalized spacial score (nSPS) is 31.2. The van der Waals surface area contributed by atoms with Gasteiger partial charge in [0, 0.05) is 5.54 Å². The molecular weight excluding hydrogens is 196 g/mol. The lowest BCUT2D eigenvalue weighted by molar-refractivity contribution is 0.235. The second-order valence-corrected chi connectivity index (χ2v) is 4.60. The zero-order valence-electron chi connectivity index (χ0n) is 10.4. The van der Waals surface area contributed by atoms with Crippen LogP contribution in [0.2, 0.25) is 0 Å². The van der Waals surface area contributed by atoms with Crippen molar-refractivity contribution in [1.82, 2.24) is 0 Å². The monoisotopic (exact) mass is 216 g/mol. The van der Waals surface area contributed by atoms with E-state index < -0.39 is 0 Å². The lowest BCUT2D eigenvalue weighted by Gasteiger charge is -2.44. The van der Waals surface area contributed by atoms with E-state index in [1.54, 1.807) is 0 Å². The predicted octanol–water partition coefficient (Wildman–Crippen LogP) is 3.09. The first kappa shape index (κ1) is 12.7. The van der Waals surface area contributed by atoms with Gasteiger partial charge >= 0.3 is 0 Å². The number of nitrogens with two attached hydrogens (primary N) is 1. The molecule has 0 bridgehead atoms. The highest BCUT2D eigenvalue weighted by Crippen LogP contribution is 2.43. The van der Waals surface area contributed by atoms with Crippen molar-refractivity contribution in [3.8, 4) is 6.07 Å². The number of nitriles is 1. The minimum Gasteiger partial charge on any atom is -0.321 e. The van der Waals surface area contributed by atoms with Crippen LogP contribution >= 0.6 is 0 Å². The van der Waals surface area contributed by atoms with Gasteiger partial charge in [0.05, 0.1) is 12.0 Å². The van der Waals surface area contributed by atoms with Crippen LogP contribution in [0.25, 0.3) is 0 Å². The van der Waals surface area contributed by atoms with Crippen LogP contribution in [0.1, 0.15) is 33.6 Å². The van der Waals surface area contributed by atoms with Gasteiger partial charge in [0.15, 0.2) is 0 Å². The molecule has 1 saturated carbocycles. The lowest BCUT2D eigenvalue weighted by Crippen LogP contribution is -2.53. The number of hydrogen-bond acceptors (Lipinski definition) is 2. The Hall–Kier alpha value is -1.33. The van der Waals surface area contributed by atoms with Crippen molar-refractivity contribution in [3.05, 3.63) is 35.5 Å². The Morgan fingerprint density at radius 1 is 1.50 bits per heavy atom. The summed E-state index contributed by atoms with van der Waals surface area (Å²) < 4.78 is 0. The van der Waals surface area contributed by atoms with Gasteiger partial charge < -0.3 is 5.73 Å². The van der Waals surface area contributed by atoms with Crippen molar-refractivity contribution in [3.63, 3.8) is 0 Å². The van der Waals surface area contributed by atoms with Crippen LogP contribution in [-0.2, 0) is 0 Å². The van der Waals surface area contributed by atoms with E-state index in [4.69, 9.17) is 11.0 Å². The third-order valence-corrected chi connectivity index (χ3v) is 3.53. The molecule has 0 aromatic carbocycles. The molecule has 2 nitrogen and oxygen atoms in total. The minimum absolute atomic E-state index is 0.122. The molecule has 0 aromatic rings. The molecule has 1 aliphatic rings. The largest absolute Gasteiger partial charge is 0.321 e. The molecule has 0 radical (unpaired) electrons. The van der Waals surface area contributed by atoms with Gasteiger partial charge in [-0.15, -0.1) is 0 Å². The number of rotatable bonds is 3. The van der Waals surface area contributed by atoms with Gasteiger partial charge in [-0.1, -0.05) is 18.7 Å². The Morgan fingerprint density at radius 2 is 2.06 bits per heavy atom. The topological polar surface area (TPSA) is 49.8 Å².